The summed E-state index contributed by atoms with van der Waals surface area (Å²) in [6, 6.07) is 3.35. The lowest BCUT2D eigenvalue weighted by Crippen LogP contribution is -2.43. The molecule has 2 aliphatic carbocycles. The Hall–Kier alpha value is -2.94. The van der Waals surface area contributed by atoms with E-state index in [0.717, 1.165) is 24.2 Å². The molecule has 3 aromatic heterocycles. The number of hydrogen-bond acceptors (Lipinski definition) is 5. The molecule has 0 radical (unpaired) electrons. The average molecular weight is 473 g/mol. The number of carbonyl (C=O) groups is 1. The van der Waals surface area contributed by atoms with Gasteiger partial charge < -0.3 is 9.88 Å². The molecule has 0 saturated heterocycles. The van der Waals surface area contributed by atoms with Gasteiger partial charge in [-0.15, -0.1) is 21.8 Å². The summed E-state index contributed by atoms with van der Waals surface area (Å²) in [6.45, 7) is 2.18. The molecule has 1 amide bonds. The summed E-state index contributed by atoms with van der Waals surface area (Å²) in [4.78, 5) is 21.3. The van der Waals surface area contributed by atoms with E-state index in [-0.39, 0.29) is 35.5 Å². The summed E-state index contributed by atoms with van der Waals surface area (Å²) >= 11 is 5.98. The predicted molar refractivity (Wildman–Crippen MR) is 118 cm³/mol. The molecule has 2 aliphatic rings. The fraction of sp³-hybridized carbons (Fsp3) is 0.435. The molecular weight excluding hydrogens is 450 g/mol. The second-order valence-corrected chi connectivity index (χ2v) is 9.38. The third-order valence-corrected chi connectivity index (χ3v) is 7.00. The van der Waals surface area contributed by atoms with Crippen LogP contribution in [0.5, 0.6) is 0 Å². The van der Waals surface area contributed by atoms with Crippen molar-refractivity contribution in [1.29, 1.82) is 0 Å². The zero-order valence-electron chi connectivity index (χ0n) is 18.3. The van der Waals surface area contributed by atoms with Gasteiger partial charge in [0.15, 0.2) is 0 Å². The molecule has 5 rings (SSSR count). The number of nitrogens with one attached hydrogen (secondary N) is 1. The Balaban J connectivity index is 1.46. The molecule has 3 heterocycles. The van der Waals surface area contributed by atoms with Crippen molar-refractivity contribution in [2.45, 2.75) is 49.8 Å². The largest absolute Gasteiger partial charge is 0.320 e. The standard InChI is InChI=1S/C23H23ClF2N6O/c1-13-7-22(8-13,21-31-28-12-32(21)2)15-6-16(11-27-10-15)29-20(33)18-5-14(9-24)17-3-4-23(25,26)19(17)30-18/h5-6,10-13H,3-4,7-9H2,1-2H3,(H,29,33). The predicted octanol–water partition coefficient (Wildman–Crippen LogP) is 4.35. The van der Waals surface area contributed by atoms with Crippen LogP contribution in [-0.2, 0) is 30.7 Å². The van der Waals surface area contributed by atoms with Crippen molar-refractivity contribution in [2.24, 2.45) is 13.0 Å². The van der Waals surface area contributed by atoms with Crippen LogP contribution < -0.4 is 5.32 Å². The molecule has 0 aromatic carbocycles. The molecule has 33 heavy (non-hydrogen) atoms. The number of amides is 1. The molecule has 1 N–H and O–H groups in total. The number of fused-ring (bicyclic) bond motifs is 1. The van der Waals surface area contributed by atoms with Crippen molar-refractivity contribution in [2.75, 3.05) is 5.32 Å². The van der Waals surface area contributed by atoms with Gasteiger partial charge in [-0.05, 0) is 54.0 Å². The van der Waals surface area contributed by atoms with Gasteiger partial charge in [0, 0.05) is 25.5 Å². The van der Waals surface area contributed by atoms with Gasteiger partial charge in [0.1, 0.15) is 23.5 Å². The van der Waals surface area contributed by atoms with E-state index in [1.807, 2.05) is 17.7 Å². The van der Waals surface area contributed by atoms with E-state index >= 15 is 0 Å². The summed E-state index contributed by atoms with van der Waals surface area (Å²) < 4.78 is 30.5. The minimum Gasteiger partial charge on any atom is -0.320 e. The third kappa shape index (κ3) is 3.58. The SMILES string of the molecule is CC1CC(c2cncc(NC(=O)c3cc(CCl)c4c(n3)C(F)(F)CC4)c2)(c2nncn2C)C1. The van der Waals surface area contributed by atoms with E-state index in [0.29, 0.717) is 22.7 Å². The minimum atomic E-state index is -3.06. The molecule has 1 saturated carbocycles. The number of halogens is 3. The second-order valence-electron chi connectivity index (χ2n) is 9.11. The van der Waals surface area contributed by atoms with E-state index in [9.17, 15) is 13.6 Å². The Labute approximate surface area is 194 Å². The monoisotopic (exact) mass is 472 g/mol. The van der Waals surface area contributed by atoms with Gasteiger partial charge in [0.25, 0.3) is 11.8 Å². The van der Waals surface area contributed by atoms with Crippen LogP contribution in [0.2, 0.25) is 0 Å². The first-order valence-corrected chi connectivity index (χ1v) is 11.4. The van der Waals surface area contributed by atoms with Gasteiger partial charge in [-0.25, -0.2) is 4.98 Å². The van der Waals surface area contributed by atoms with Gasteiger partial charge in [0.2, 0.25) is 0 Å². The fourth-order valence-electron chi connectivity index (χ4n) is 5.20. The quantitative estimate of drug-likeness (QED) is 0.558. The van der Waals surface area contributed by atoms with Crippen LogP contribution in [0.3, 0.4) is 0 Å². The Morgan fingerprint density at radius 3 is 2.76 bits per heavy atom. The number of nitrogens with zero attached hydrogens (tertiary/aromatic N) is 5. The van der Waals surface area contributed by atoms with Crippen LogP contribution in [0.1, 0.15) is 64.9 Å². The van der Waals surface area contributed by atoms with Crippen LogP contribution in [-0.4, -0.2) is 30.6 Å². The maximum atomic E-state index is 14.3. The van der Waals surface area contributed by atoms with Gasteiger partial charge in [0.05, 0.1) is 17.3 Å². The zero-order chi connectivity index (χ0) is 23.4. The third-order valence-electron chi connectivity index (χ3n) is 6.71. The first-order chi connectivity index (χ1) is 15.7. The number of aryl methyl sites for hydroxylation is 1. The van der Waals surface area contributed by atoms with Gasteiger partial charge in [-0.2, -0.15) is 8.78 Å². The van der Waals surface area contributed by atoms with Crippen LogP contribution in [0, 0.1) is 5.92 Å². The van der Waals surface area contributed by atoms with Crippen LogP contribution >= 0.6 is 11.6 Å². The van der Waals surface area contributed by atoms with Crippen molar-refractivity contribution in [3.05, 3.63) is 64.8 Å². The van der Waals surface area contributed by atoms with Crippen LogP contribution in [0.15, 0.2) is 30.9 Å². The number of carbonyl (C=O) groups excluding carboxylic acids is 1. The highest BCUT2D eigenvalue weighted by Gasteiger charge is 2.48. The zero-order valence-corrected chi connectivity index (χ0v) is 19.0. The van der Waals surface area contributed by atoms with Gasteiger partial charge in [-0.3, -0.25) is 9.78 Å². The highest BCUT2D eigenvalue weighted by Crippen LogP contribution is 2.51. The lowest BCUT2D eigenvalue weighted by atomic mass is 9.59. The molecule has 1 fully saturated rings. The van der Waals surface area contributed by atoms with Crippen molar-refractivity contribution >= 4 is 23.2 Å². The molecule has 0 unspecified atom stereocenters. The number of aromatic nitrogens is 5. The number of rotatable bonds is 5. The van der Waals surface area contributed by atoms with Crippen molar-refractivity contribution in [3.63, 3.8) is 0 Å². The first kappa shape index (κ1) is 21.9. The average Bonchev–Trinajstić information content (AvgIpc) is 3.33. The lowest BCUT2D eigenvalue weighted by molar-refractivity contribution is -0.00601. The molecule has 0 aliphatic heterocycles. The summed E-state index contributed by atoms with van der Waals surface area (Å²) in [5, 5.41) is 11.1. The Kier molecular flexibility index (Phi) is 5.19. The smallest absolute Gasteiger partial charge is 0.290 e. The normalized spacial score (nSPS) is 23.1. The van der Waals surface area contributed by atoms with Gasteiger partial charge in [-0.1, -0.05) is 6.92 Å². The molecule has 0 atom stereocenters. The molecule has 7 nitrogen and oxygen atoms in total. The van der Waals surface area contributed by atoms with E-state index in [1.165, 1.54) is 12.3 Å². The number of pyridine rings is 2. The number of alkyl halides is 3. The lowest BCUT2D eigenvalue weighted by Gasteiger charge is -2.45. The molecular formula is C23H23ClF2N6O. The molecule has 3 aromatic rings. The van der Waals surface area contributed by atoms with Crippen LogP contribution in [0.4, 0.5) is 14.5 Å². The molecule has 10 heteroatoms. The second kappa shape index (κ2) is 7.83. The van der Waals surface area contributed by atoms with Crippen molar-refractivity contribution in [3.8, 4) is 0 Å². The number of hydrogen-bond donors (Lipinski definition) is 1. The summed E-state index contributed by atoms with van der Waals surface area (Å²) in [7, 11) is 1.91. The Morgan fingerprint density at radius 1 is 1.30 bits per heavy atom. The summed E-state index contributed by atoms with van der Waals surface area (Å²) in [6.07, 6.45) is 6.63. The van der Waals surface area contributed by atoms with E-state index in [1.54, 1.807) is 12.5 Å². The minimum absolute atomic E-state index is 0.0384. The Bertz CT molecular complexity index is 1240. The number of anilines is 1. The van der Waals surface area contributed by atoms with E-state index in [4.69, 9.17) is 11.6 Å². The summed E-state index contributed by atoms with van der Waals surface area (Å²) in [5.74, 6) is -2.24. The van der Waals surface area contributed by atoms with Crippen molar-refractivity contribution < 1.29 is 13.6 Å². The maximum Gasteiger partial charge on any atom is 0.290 e. The van der Waals surface area contributed by atoms with Gasteiger partial charge >= 0.3 is 0 Å². The molecule has 0 spiro atoms. The summed E-state index contributed by atoms with van der Waals surface area (Å²) in [5.41, 5.74) is 1.57. The topological polar surface area (TPSA) is 85.6 Å². The molecule has 172 valence electrons. The Morgan fingerprint density at radius 2 is 2.09 bits per heavy atom. The van der Waals surface area contributed by atoms with Crippen LogP contribution in [0.25, 0.3) is 0 Å². The highest BCUT2D eigenvalue weighted by molar-refractivity contribution is 6.17. The maximum absolute atomic E-state index is 14.3. The fourth-order valence-corrected chi connectivity index (χ4v) is 5.44. The van der Waals surface area contributed by atoms with E-state index in [2.05, 4.69) is 32.4 Å². The molecule has 0 bridgehead atoms. The first-order valence-electron chi connectivity index (χ1n) is 10.8. The highest BCUT2D eigenvalue weighted by atomic mass is 35.5. The van der Waals surface area contributed by atoms with Crippen molar-refractivity contribution in [1.82, 2.24) is 24.7 Å². The van der Waals surface area contributed by atoms with E-state index < -0.39 is 11.8 Å².